The van der Waals surface area contributed by atoms with Crippen molar-refractivity contribution in [2.45, 2.75) is 26.8 Å². The van der Waals surface area contributed by atoms with Gasteiger partial charge in [-0.25, -0.2) is 0 Å². The van der Waals surface area contributed by atoms with E-state index in [1.54, 1.807) is 7.11 Å². The number of methoxy groups -OCH3 is 1. The summed E-state index contributed by atoms with van der Waals surface area (Å²) in [5, 5.41) is 2.86. The lowest BCUT2D eigenvalue weighted by atomic mass is 10.1. The van der Waals surface area contributed by atoms with Crippen LogP contribution in [0.25, 0.3) is 0 Å². The minimum atomic E-state index is -0.0615. The summed E-state index contributed by atoms with van der Waals surface area (Å²) in [5.74, 6) is 0.372. The molecule has 1 atom stereocenters. The molecule has 5 heteroatoms. The molecular weight excluding hydrogens is 196 g/mol. The van der Waals surface area contributed by atoms with Gasteiger partial charge in [0.15, 0.2) is 0 Å². The Morgan fingerprint density at radius 1 is 1.27 bits per heavy atom. The van der Waals surface area contributed by atoms with Crippen LogP contribution in [-0.4, -0.2) is 38.8 Å². The highest BCUT2D eigenvalue weighted by molar-refractivity contribution is 5.78. The Labute approximate surface area is 91.5 Å². The van der Waals surface area contributed by atoms with Crippen LogP contribution in [0.1, 0.15) is 20.8 Å². The molecule has 0 radical (unpaired) electrons. The lowest BCUT2D eigenvalue weighted by Gasteiger charge is -2.17. The van der Waals surface area contributed by atoms with Crippen LogP contribution in [0.15, 0.2) is 0 Å². The summed E-state index contributed by atoms with van der Waals surface area (Å²) in [5.41, 5.74) is 2.57. The molecule has 0 aromatic carbocycles. The topological polar surface area (TPSA) is 59.6 Å². The second-order valence-electron chi connectivity index (χ2n) is 3.76. The number of carbonyl (C=O) groups excluding carboxylic acids is 1. The van der Waals surface area contributed by atoms with Gasteiger partial charge in [0.1, 0.15) is 0 Å². The minimum Gasteiger partial charge on any atom is -0.382 e. The highest BCUT2D eigenvalue weighted by Gasteiger charge is 2.09. The van der Waals surface area contributed by atoms with Gasteiger partial charge < -0.3 is 10.1 Å². The fourth-order valence-corrected chi connectivity index (χ4v) is 0.785. The van der Waals surface area contributed by atoms with E-state index in [1.165, 1.54) is 0 Å². The lowest BCUT2D eigenvalue weighted by molar-refractivity contribution is -0.124. The first-order chi connectivity index (χ1) is 7.07. The third kappa shape index (κ3) is 8.35. The fraction of sp³-hybridized carbons (Fsp3) is 0.900. The van der Waals surface area contributed by atoms with Crippen LogP contribution in [0.4, 0.5) is 0 Å². The van der Waals surface area contributed by atoms with Crippen LogP contribution in [0.3, 0.4) is 0 Å². The monoisotopic (exact) mass is 218 g/mol. The van der Waals surface area contributed by atoms with Crippen molar-refractivity contribution in [3.63, 3.8) is 0 Å². The highest BCUT2D eigenvalue weighted by atomic mass is 16.7. The number of carbonyl (C=O) groups is 1. The summed E-state index contributed by atoms with van der Waals surface area (Å²) < 4.78 is 4.78. The first kappa shape index (κ1) is 14.3. The molecular formula is C10H22N2O3. The number of nitrogens with one attached hydrogen (secondary N) is 2. The van der Waals surface area contributed by atoms with E-state index in [0.29, 0.717) is 19.1 Å². The maximum Gasteiger partial charge on any atom is 0.236 e. The molecule has 1 amide bonds. The standard InChI is InChI=1S/C10H22N2O3/c1-8(2)9(3)12-10(13)7-11-15-6-5-14-4/h8-9,11H,5-7H2,1-4H3,(H,12,13). The summed E-state index contributed by atoms with van der Waals surface area (Å²) in [6.07, 6.45) is 0. The molecule has 0 rings (SSSR count). The first-order valence-electron chi connectivity index (χ1n) is 5.21. The summed E-state index contributed by atoms with van der Waals surface area (Å²) in [4.78, 5) is 16.3. The smallest absolute Gasteiger partial charge is 0.236 e. The maximum atomic E-state index is 11.3. The van der Waals surface area contributed by atoms with Gasteiger partial charge in [0.05, 0.1) is 19.8 Å². The Bertz CT molecular complexity index is 174. The number of ether oxygens (including phenoxy) is 1. The SMILES string of the molecule is COCCONCC(=O)NC(C)C(C)C. The van der Waals surface area contributed by atoms with E-state index in [4.69, 9.17) is 9.57 Å². The molecule has 0 saturated carbocycles. The maximum absolute atomic E-state index is 11.3. The van der Waals surface area contributed by atoms with Crippen molar-refractivity contribution in [1.29, 1.82) is 0 Å². The molecule has 15 heavy (non-hydrogen) atoms. The molecule has 0 aromatic rings. The van der Waals surface area contributed by atoms with E-state index in [9.17, 15) is 4.79 Å². The van der Waals surface area contributed by atoms with E-state index in [2.05, 4.69) is 24.6 Å². The van der Waals surface area contributed by atoms with Gasteiger partial charge in [0, 0.05) is 13.2 Å². The number of hydrogen-bond acceptors (Lipinski definition) is 4. The first-order valence-corrected chi connectivity index (χ1v) is 5.21. The third-order valence-electron chi connectivity index (χ3n) is 2.11. The molecule has 0 aliphatic rings. The molecule has 0 bridgehead atoms. The van der Waals surface area contributed by atoms with Gasteiger partial charge in [0.2, 0.25) is 5.91 Å². The number of hydroxylamine groups is 1. The van der Waals surface area contributed by atoms with Gasteiger partial charge in [0.25, 0.3) is 0 Å². The average molecular weight is 218 g/mol. The van der Waals surface area contributed by atoms with Gasteiger partial charge in [-0.2, -0.15) is 5.48 Å². The van der Waals surface area contributed by atoms with Gasteiger partial charge in [-0.1, -0.05) is 13.8 Å². The highest BCUT2D eigenvalue weighted by Crippen LogP contribution is 1.98. The summed E-state index contributed by atoms with van der Waals surface area (Å²) in [7, 11) is 1.60. The second kappa shape index (κ2) is 8.64. The molecule has 0 heterocycles. The molecule has 0 saturated heterocycles. The normalized spacial score (nSPS) is 12.9. The fourth-order valence-electron chi connectivity index (χ4n) is 0.785. The number of rotatable bonds is 8. The molecule has 0 aromatic heterocycles. The van der Waals surface area contributed by atoms with E-state index in [1.807, 2.05) is 6.92 Å². The Kier molecular flexibility index (Phi) is 8.27. The second-order valence-corrected chi connectivity index (χ2v) is 3.76. The molecule has 1 unspecified atom stereocenters. The zero-order valence-electron chi connectivity index (χ0n) is 10.0. The summed E-state index contributed by atoms with van der Waals surface area (Å²) >= 11 is 0. The Hall–Kier alpha value is -0.650. The zero-order chi connectivity index (χ0) is 11.7. The zero-order valence-corrected chi connectivity index (χ0v) is 10.0. The van der Waals surface area contributed by atoms with Crippen molar-refractivity contribution in [2.24, 2.45) is 5.92 Å². The molecule has 90 valence electrons. The summed E-state index contributed by atoms with van der Waals surface area (Å²) in [6, 6.07) is 0.179. The van der Waals surface area contributed by atoms with Gasteiger partial charge in [-0.3, -0.25) is 9.63 Å². The van der Waals surface area contributed by atoms with Crippen molar-refractivity contribution in [3.05, 3.63) is 0 Å². The molecule has 0 fully saturated rings. The third-order valence-corrected chi connectivity index (χ3v) is 2.11. The minimum absolute atomic E-state index is 0.0615. The van der Waals surface area contributed by atoms with Crippen LogP contribution in [0.2, 0.25) is 0 Å². The van der Waals surface area contributed by atoms with Crippen LogP contribution in [0, 0.1) is 5.92 Å². The molecule has 0 aliphatic carbocycles. The van der Waals surface area contributed by atoms with Gasteiger partial charge >= 0.3 is 0 Å². The Balaban J connectivity index is 3.41. The van der Waals surface area contributed by atoms with Crippen LogP contribution < -0.4 is 10.8 Å². The molecule has 2 N–H and O–H groups in total. The molecule has 0 spiro atoms. The molecule has 0 aliphatic heterocycles. The van der Waals surface area contributed by atoms with E-state index >= 15 is 0 Å². The summed E-state index contributed by atoms with van der Waals surface area (Å²) in [6.45, 7) is 7.22. The van der Waals surface area contributed by atoms with Crippen molar-refractivity contribution in [3.8, 4) is 0 Å². The van der Waals surface area contributed by atoms with Crippen LogP contribution in [0.5, 0.6) is 0 Å². The lowest BCUT2D eigenvalue weighted by Crippen LogP contribution is -2.41. The predicted molar refractivity (Wildman–Crippen MR) is 58.3 cm³/mol. The average Bonchev–Trinajstić information content (AvgIpc) is 2.17. The van der Waals surface area contributed by atoms with Crippen LogP contribution in [-0.2, 0) is 14.4 Å². The van der Waals surface area contributed by atoms with E-state index in [0.717, 1.165) is 0 Å². The van der Waals surface area contributed by atoms with Crippen molar-refractivity contribution in [1.82, 2.24) is 10.8 Å². The van der Waals surface area contributed by atoms with E-state index in [-0.39, 0.29) is 18.5 Å². The number of amides is 1. The van der Waals surface area contributed by atoms with Gasteiger partial charge in [-0.15, -0.1) is 0 Å². The van der Waals surface area contributed by atoms with Crippen molar-refractivity contribution < 1.29 is 14.4 Å². The van der Waals surface area contributed by atoms with E-state index < -0.39 is 0 Å². The van der Waals surface area contributed by atoms with Crippen LogP contribution >= 0.6 is 0 Å². The Morgan fingerprint density at radius 3 is 2.47 bits per heavy atom. The number of hydrogen-bond donors (Lipinski definition) is 2. The van der Waals surface area contributed by atoms with Crippen molar-refractivity contribution in [2.75, 3.05) is 26.9 Å². The van der Waals surface area contributed by atoms with Gasteiger partial charge in [-0.05, 0) is 12.8 Å². The largest absolute Gasteiger partial charge is 0.382 e. The Morgan fingerprint density at radius 2 is 1.93 bits per heavy atom. The molecule has 5 nitrogen and oxygen atoms in total. The quantitative estimate of drug-likeness (QED) is 0.455. The predicted octanol–water partition coefficient (Wildman–Crippen LogP) is 0.315. The van der Waals surface area contributed by atoms with Crippen molar-refractivity contribution >= 4 is 5.91 Å².